The second-order valence-corrected chi connectivity index (χ2v) is 3.32. The number of rotatable bonds is 6. The normalized spacial score (nSPS) is 18.3. The van der Waals surface area contributed by atoms with E-state index in [4.69, 9.17) is 4.74 Å². The van der Waals surface area contributed by atoms with E-state index in [1.165, 1.54) is 0 Å². The minimum atomic E-state index is 0.261. The van der Waals surface area contributed by atoms with Crippen LogP contribution in [-0.2, 0) is 4.74 Å². The molecule has 0 aromatic carbocycles. The van der Waals surface area contributed by atoms with E-state index in [1.54, 1.807) is 7.11 Å². The molecule has 0 saturated heterocycles. The minimum Gasteiger partial charge on any atom is -0.380 e. The van der Waals surface area contributed by atoms with Crippen molar-refractivity contribution in [3.05, 3.63) is 12.7 Å². The summed E-state index contributed by atoms with van der Waals surface area (Å²) in [6.45, 7) is 10.1. The highest BCUT2D eigenvalue weighted by Gasteiger charge is 2.12. The molecule has 0 aromatic rings. The van der Waals surface area contributed by atoms with E-state index in [0.717, 1.165) is 6.42 Å². The van der Waals surface area contributed by atoms with Gasteiger partial charge in [0.2, 0.25) is 0 Å². The summed E-state index contributed by atoms with van der Waals surface area (Å²) in [7, 11) is 1.74. The average molecular weight is 171 g/mol. The SMILES string of the molecule is C=CCC(C)NC(C)C(C)OC. The first-order chi connectivity index (χ1) is 5.61. The molecule has 2 nitrogen and oxygen atoms in total. The van der Waals surface area contributed by atoms with Crippen molar-refractivity contribution in [2.45, 2.75) is 45.4 Å². The Balaban J connectivity index is 3.66. The molecule has 0 aliphatic rings. The van der Waals surface area contributed by atoms with Crippen LogP contribution in [0.4, 0.5) is 0 Å². The Morgan fingerprint density at radius 1 is 1.42 bits per heavy atom. The van der Waals surface area contributed by atoms with Crippen molar-refractivity contribution in [2.75, 3.05) is 7.11 Å². The molecule has 0 aliphatic carbocycles. The van der Waals surface area contributed by atoms with Crippen molar-refractivity contribution in [2.24, 2.45) is 0 Å². The van der Waals surface area contributed by atoms with Gasteiger partial charge in [-0.3, -0.25) is 0 Å². The molecule has 1 N–H and O–H groups in total. The van der Waals surface area contributed by atoms with Crippen molar-refractivity contribution in [1.29, 1.82) is 0 Å². The van der Waals surface area contributed by atoms with Crippen LogP contribution in [0.15, 0.2) is 12.7 Å². The zero-order valence-electron chi connectivity index (χ0n) is 8.63. The van der Waals surface area contributed by atoms with Gasteiger partial charge in [0, 0.05) is 19.2 Å². The van der Waals surface area contributed by atoms with Gasteiger partial charge in [0.05, 0.1) is 6.10 Å². The van der Waals surface area contributed by atoms with Crippen molar-refractivity contribution >= 4 is 0 Å². The lowest BCUT2D eigenvalue weighted by molar-refractivity contribution is 0.0853. The zero-order valence-corrected chi connectivity index (χ0v) is 8.63. The lowest BCUT2D eigenvalue weighted by Gasteiger charge is -2.23. The van der Waals surface area contributed by atoms with E-state index in [9.17, 15) is 0 Å². The third-order valence-electron chi connectivity index (χ3n) is 2.14. The van der Waals surface area contributed by atoms with Gasteiger partial charge in [-0.15, -0.1) is 6.58 Å². The van der Waals surface area contributed by atoms with E-state index in [2.05, 4.69) is 32.7 Å². The summed E-state index contributed by atoms with van der Waals surface area (Å²) >= 11 is 0. The maximum atomic E-state index is 5.20. The summed E-state index contributed by atoms with van der Waals surface area (Å²) in [6.07, 6.45) is 3.19. The fraction of sp³-hybridized carbons (Fsp3) is 0.800. The number of ether oxygens (including phenoxy) is 1. The van der Waals surface area contributed by atoms with Crippen LogP contribution in [0.3, 0.4) is 0 Å². The lowest BCUT2D eigenvalue weighted by atomic mass is 10.1. The molecule has 0 bridgehead atoms. The summed E-state index contributed by atoms with van der Waals surface area (Å²) in [4.78, 5) is 0. The molecule has 0 rings (SSSR count). The summed E-state index contributed by atoms with van der Waals surface area (Å²) in [5, 5.41) is 3.44. The number of nitrogens with one attached hydrogen (secondary N) is 1. The van der Waals surface area contributed by atoms with Crippen molar-refractivity contribution in [3.63, 3.8) is 0 Å². The van der Waals surface area contributed by atoms with Crippen molar-refractivity contribution in [1.82, 2.24) is 5.32 Å². The number of hydrogen-bond donors (Lipinski definition) is 1. The first-order valence-corrected chi connectivity index (χ1v) is 4.51. The van der Waals surface area contributed by atoms with Crippen LogP contribution >= 0.6 is 0 Å². The molecule has 0 saturated carbocycles. The van der Waals surface area contributed by atoms with Gasteiger partial charge in [-0.2, -0.15) is 0 Å². The van der Waals surface area contributed by atoms with Crippen LogP contribution in [0.25, 0.3) is 0 Å². The highest BCUT2D eigenvalue weighted by Crippen LogP contribution is 2.00. The van der Waals surface area contributed by atoms with Crippen LogP contribution < -0.4 is 5.32 Å². The molecule has 72 valence electrons. The molecule has 0 heterocycles. The zero-order chi connectivity index (χ0) is 9.56. The van der Waals surface area contributed by atoms with Gasteiger partial charge < -0.3 is 10.1 Å². The predicted octanol–water partition coefficient (Wildman–Crippen LogP) is 1.96. The maximum Gasteiger partial charge on any atom is 0.0693 e. The molecule has 0 aliphatic heterocycles. The molecule has 0 amide bonds. The van der Waals surface area contributed by atoms with Crippen LogP contribution in [0.2, 0.25) is 0 Å². The second kappa shape index (κ2) is 6.21. The first kappa shape index (κ1) is 11.7. The van der Waals surface area contributed by atoms with Crippen molar-refractivity contribution in [3.8, 4) is 0 Å². The smallest absolute Gasteiger partial charge is 0.0693 e. The predicted molar refractivity (Wildman–Crippen MR) is 53.3 cm³/mol. The highest BCUT2D eigenvalue weighted by atomic mass is 16.5. The third-order valence-corrected chi connectivity index (χ3v) is 2.14. The molecule has 3 atom stereocenters. The van der Waals surface area contributed by atoms with Gasteiger partial charge in [0.25, 0.3) is 0 Å². The standard InChI is InChI=1S/C10H21NO/c1-6-7-8(2)11-9(3)10(4)12-5/h6,8-11H,1,7H2,2-5H3. The third kappa shape index (κ3) is 4.52. The van der Waals surface area contributed by atoms with Crippen molar-refractivity contribution < 1.29 is 4.74 Å². The quantitative estimate of drug-likeness (QED) is 0.617. The molecule has 2 heteroatoms. The Morgan fingerprint density at radius 2 is 2.00 bits per heavy atom. The van der Waals surface area contributed by atoms with Gasteiger partial charge in [-0.1, -0.05) is 6.08 Å². The molecule has 0 aromatic heterocycles. The fourth-order valence-electron chi connectivity index (χ4n) is 1.11. The van der Waals surface area contributed by atoms with E-state index < -0.39 is 0 Å². The summed E-state index contributed by atoms with van der Waals surface area (Å²) in [5.41, 5.74) is 0. The Labute approximate surface area is 76.0 Å². The lowest BCUT2D eigenvalue weighted by Crippen LogP contribution is -2.41. The molecule has 12 heavy (non-hydrogen) atoms. The highest BCUT2D eigenvalue weighted by molar-refractivity contribution is 4.78. The summed E-state index contributed by atoms with van der Waals surface area (Å²) in [5.74, 6) is 0. The second-order valence-electron chi connectivity index (χ2n) is 3.32. The van der Waals surface area contributed by atoms with Gasteiger partial charge in [0.15, 0.2) is 0 Å². The monoisotopic (exact) mass is 171 g/mol. The average Bonchev–Trinajstić information content (AvgIpc) is 2.03. The van der Waals surface area contributed by atoms with Crippen LogP contribution in [0, 0.1) is 0 Å². The van der Waals surface area contributed by atoms with Gasteiger partial charge in [-0.05, 0) is 27.2 Å². The summed E-state index contributed by atoms with van der Waals surface area (Å²) < 4.78 is 5.20. The molecular weight excluding hydrogens is 150 g/mol. The van der Waals surface area contributed by atoms with E-state index >= 15 is 0 Å². The first-order valence-electron chi connectivity index (χ1n) is 4.51. The van der Waals surface area contributed by atoms with Crippen LogP contribution in [-0.4, -0.2) is 25.3 Å². The van der Waals surface area contributed by atoms with Crippen LogP contribution in [0.1, 0.15) is 27.2 Å². The number of hydrogen-bond acceptors (Lipinski definition) is 2. The van der Waals surface area contributed by atoms with Gasteiger partial charge in [0.1, 0.15) is 0 Å². The minimum absolute atomic E-state index is 0.261. The molecule has 3 unspecified atom stereocenters. The van der Waals surface area contributed by atoms with Gasteiger partial charge in [-0.25, -0.2) is 0 Å². The Kier molecular flexibility index (Phi) is 6.03. The fourth-order valence-corrected chi connectivity index (χ4v) is 1.11. The topological polar surface area (TPSA) is 21.3 Å². The maximum absolute atomic E-state index is 5.20. The Morgan fingerprint density at radius 3 is 2.42 bits per heavy atom. The molecule has 0 spiro atoms. The Bertz CT molecular complexity index is 125. The summed E-state index contributed by atoms with van der Waals surface area (Å²) in [6, 6.07) is 0.875. The molecular formula is C10H21NO. The molecule has 0 fully saturated rings. The van der Waals surface area contributed by atoms with Gasteiger partial charge >= 0.3 is 0 Å². The van der Waals surface area contributed by atoms with E-state index in [1.807, 2.05) is 6.08 Å². The Hall–Kier alpha value is -0.340. The van der Waals surface area contributed by atoms with E-state index in [0.29, 0.717) is 12.1 Å². The van der Waals surface area contributed by atoms with Crippen LogP contribution in [0.5, 0.6) is 0 Å². The molecule has 0 radical (unpaired) electrons. The number of methoxy groups -OCH3 is 1. The van der Waals surface area contributed by atoms with E-state index in [-0.39, 0.29) is 6.10 Å². The largest absolute Gasteiger partial charge is 0.380 e.